The highest BCUT2D eigenvalue weighted by Crippen LogP contribution is 2.21. The van der Waals surface area contributed by atoms with Crippen molar-refractivity contribution in [2.45, 2.75) is 26.7 Å². The van der Waals surface area contributed by atoms with Gasteiger partial charge in [-0.05, 0) is 31.7 Å². The molecule has 4 heteroatoms. The second kappa shape index (κ2) is 5.72. The Bertz CT molecular complexity index is 622. The summed E-state index contributed by atoms with van der Waals surface area (Å²) in [5.41, 5.74) is 3.65. The Morgan fingerprint density at radius 3 is 2.57 bits per heavy atom. The van der Waals surface area contributed by atoms with Crippen LogP contribution in [0.1, 0.15) is 35.8 Å². The number of aryl methyl sites for hydroxylation is 1. The predicted octanol–water partition coefficient (Wildman–Crippen LogP) is 3.26. The zero-order chi connectivity index (χ0) is 14.8. The van der Waals surface area contributed by atoms with E-state index in [0.717, 1.165) is 43.1 Å². The van der Waals surface area contributed by atoms with E-state index in [1.165, 1.54) is 5.56 Å². The summed E-state index contributed by atoms with van der Waals surface area (Å²) in [5.74, 6) is 0.784. The van der Waals surface area contributed by atoms with Gasteiger partial charge in [-0.2, -0.15) is 5.10 Å². The standard InChI is InChI=1S/C17H21N3O/c1-12-3-5-14(6-4-12)15-11-16(19-18-15)17(21)20-9-7-13(2)8-10-20/h3-6,11,13H,7-10H2,1-2H3,(H,18,19). The van der Waals surface area contributed by atoms with Gasteiger partial charge in [-0.1, -0.05) is 36.8 Å². The quantitative estimate of drug-likeness (QED) is 0.919. The Labute approximate surface area is 125 Å². The molecule has 1 aliphatic rings. The molecule has 0 aliphatic carbocycles. The molecule has 1 saturated heterocycles. The number of aromatic amines is 1. The molecule has 0 bridgehead atoms. The highest BCUT2D eigenvalue weighted by Gasteiger charge is 2.22. The predicted molar refractivity (Wildman–Crippen MR) is 83.1 cm³/mol. The van der Waals surface area contributed by atoms with E-state index in [4.69, 9.17) is 0 Å². The maximum atomic E-state index is 12.5. The fraction of sp³-hybridized carbons (Fsp3) is 0.412. The molecule has 1 aromatic heterocycles. The highest BCUT2D eigenvalue weighted by atomic mass is 16.2. The Morgan fingerprint density at radius 2 is 1.90 bits per heavy atom. The van der Waals surface area contributed by atoms with Gasteiger partial charge >= 0.3 is 0 Å². The topological polar surface area (TPSA) is 49.0 Å². The van der Waals surface area contributed by atoms with E-state index >= 15 is 0 Å². The molecule has 0 saturated carbocycles. The van der Waals surface area contributed by atoms with Gasteiger partial charge in [0.05, 0.1) is 5.69 Å². The van der Waals surface area contributed by atoms with Gasteiger partial charge in [0.25, 0.3) is 5.91 Å². The van der Waals surface area contributed by atoms with Crippen molar-refractivity contribution in [3.8, 4) is 11.3 Å². The molecule has 1 fully saturated rings. The summed E-state index contributed by atoms with van der Waals surface area (Å²) >= 11 is 0. The maximum absolute atomic E-state index is 12.5. The van der Waals surface area contributed by atoms with Crippen molar-refractivity contribution < 1.29 is 4.79 Å². The molecule has 1 aromatic carbocycles. The smallest absolute Gasteiger partial charge is 0.271 e. The first-order chi connectivity index (χ1) is 10.1. The van der Waals surface area contributed by atoms with E-state index in [1.54, 1.807) is 0 Å². The number of carbonyl (C=O) groups is 1. The summed E-state index contributed by atoms with van der Waals surface area (Å²) in [4.78, 5) is 14.4. The number of carbonyl (C=O) groups excluding carboxylic acids is 1. The molecular formula is C17H21N3O. The monoisotopic (exact) mass is 283 g/mol. The zero-order valence-corrected chi connectivity index (χ0v) is 12.6. The normalized spacial score (nSPS) is 16.2. The van der Waals surface area contributed by atoms with E-state index in [9.17, 15) is 4.79 Å². The van der Waals surface area contributed by atoms with Gasteiger partial charge in [-0.25, -0.2) is 0 Å². The van der Waals surface area contributed by atoms with Crippen LogP contribution in [0.5, 0.6) is 0 Å². The summed E-state index contributed by atoms with van der Waals surface area (Å²) in [6.07, 6.45) is 2.18. The SMILES string of the molecule is Cc1ccc(-c2cc(C(=O)N3CCC(C)CC3)[nH]n2)cc1. The Hall–Kier alpha value is -2.10. The summed E-state index contributed by atoms with van der Waals surface area (Å²) in [6.45, 7) is 5.99. The van der Waals surface area contributed by atoms with Crippen LogP contribution in [0.25, 0.3) is 11.3 Å². The van der Waals surface area contributed by atoms with Gasteiger partial charge in [0, 0.05) is 18.7 Å². The van der Waals surface area contributed by atoms with Crippen molar-refractivity contribution in [2.75, 3.05) is 13.1 Å². The lowest BCUT2D eigenvalue weighted by Crippen LogP contribution is -2.38. The third-order valence-electron chi connectivity index (χ3n) is 4.23. The molecule has 2 aromatic rings. The van der Waals surface area contributed by atoms with Crippen LogP contribution in [0.3, 0.4) is 0 Å². The lowest BCUT2D eigenvalue weighted by Gasteiger charge is -2.29. The van der Waals surface area contributed by atoms with Crippen molar-refractivity contribution in [1.29, 1.82) is 0 Å². The Kier molecular flexibility index (Phi) is 3.78. The molecule has 2 heterocycles. The van der Waals surface area contributed by atoms with Crippen LogP contribution < -0.4 is 0 Å². The minimum Gasteiger partial charge on any atom is -0.337 e. The van der Waals surface area contributed by atoms with Gasteiger partial charge in [-0.15, -0.1) is 0 Å². The summed E-state index contributed by atoms with van der Waals surface area (Å²) < 4.78 is 0. The van der Waals surface area contributed by atoms with Gasteiger partial charge in [0.2, 0.25) is 0 Å². The molecule has 0 unspecified atom stereocenters. The zero-order valence-electron chi connectivity index (χ0n) is 12.6. The molecule has 3 rings (SSSR count). The van der Waals surface area contributed by atoms with Gasteiger partial charge in [-0.3, -0.25) is 9.89 Å². The first kappa shape index (κ1) is 13.9. The summed E-state index contributed by atoms with van der Waals surface area (Å²) in [6, 6.07) is 10.0. The molecule has 110 valence electrons. The van der Waals surface area contributed by atoms with E-state index < -0.39 is 0 Å². The average Bonchev–Trinajstić information content (AvgIpc) is 2.98. The number of amides is 1. The summed E-state index contributed by atoms with van der Waals surface area (Å²) in [5, 5.41) is 7.16. The number of benzene rings is 1. The maximum Gasteiger partial charge on any atom is 0.271 e. The molecule has 1 aliphatic heterocycles. The number of piperidine rings is 1. The number of H-pyrrole nitrogens is 1. The highest BCUT2D eigenvalue weighted by molar-refractivity contribution is 5.93. The van der Waals surface area contributed by atoms with Gasteiger partial charge < -0.3 is 4.90 Å². The number of rotatable bonds is 2. The number of aromatic nitrogens is 2. The van der Waals surface area contributed by atoms with E-state index in [-0.39, 0.29) is 5.91 Å². The van der Waals surface area contributed by atoms with Gasteiger partial charge in [0.15, 0.2) is 0 Å². The Balaban J connectivity index is 1.75. The van der Waals surface area contributed by atoms with Crippen molar-refractivity contribution in [3.63, 3.8) is 0 Å². The summed E-state index contributed by atoms with van der Waals surface area (Å²) in [7, 11) is 0. The van der Waals surface area contributed by atoms with Crippen LogP contribution >= 0.6 is 0 Å². The minimum absolute atomic E-state index is 0.0627. The number of hydrogen-bond acceptors (Lipinski definition) is 2. The molecule has 1 N–H and O–H groups in total. The largest absolute Gasteiger partial charge is 0.337 e. The molecular weight excluding hydrogens is 262 g/mol. The van der Waals surface area contributed by atoms with Crippen LogP contribution in [0, 0.1) is 12.8 Å². The van der Waals surface area contributed by atoms with Gasteiger partial charge in [0.1, 0.15) is 5.69 Å². The average molecular weight is 283 g/mol. The third-order valence-corrected chi connectivity index (χ3v) is 4.23. The number of hydrogen-bond donors (Lipinski definition) is 1. The van der Waals surface area contributed by atoms with Crippen LogP contribution in [0.4, 0.5) is 0 Å². The lowest BCUT2D eigenvalue weighted by atomic mass is 9.99. The van der Waals surface area contributed by atoms with E-state index in [0.29, 0.717) is 5.69 Å². The van der Waals surface area contributed by atoms with Crippen molar-refractivity contribution in [3.05, 3.63) is 41.6 Å². The molecule has 4 nitrogen and oxygen atoms in total. The van der Waals surface area contributed by atoms with E-state index in [2.05, 4.69) is 36.2 Å². The van der Waals surface area contributed by atoms with Crippen LogP contribution in [-0.4, -0.2) is 34.1 Å². The number of nitrogens with zero attached hydrogens (tertiary/aromatic N) is 2. The second-order valence-electron chi connectivity index (χ2n) is 6.01. The molecule has 21 heavy (non-hydrogen) atoms. The second-order valence-corrected chi connectivity index (χ2v) is 6.01. The van der Waals surface area contributed by atoms with Crippen LogP contribution in [0.15, 0.2) is 30.3 Å². The molecule has 1 amide bonds. The van der Waals surface area contributed by atoms with Crippen molar-refractivity contribution in [2.24, 2.45) is 5.92 Å². The van der Waals surface area contributed by atoms with E-state index in [1.807, 2.05) is 23.1 Å². The lowest BCUT2D eigenvalue weighted by molar-refractivity contribution is 0.0691. The fourth-order valence-electron chi connectivity index (χ4n) is 2.69. The molecule has 0 radical (unpaired) electrons. The first-order valence-electron chi connectivity index (χ1n) is 7.55. The molecule has 0 spiro atoms. The Morgan fingerprint density at radius 1 is 1.24 bits per heavy atom. The molecule has 0 atom stereocenters. The first-order valence-corrected chi connectivity index (χ1v) is 7.55. The van der Waals surface area contributed by atoms with Crippen molar-refractivity contribution in [1.82, 2.24) is 15.1 Å². The third kappa shape index (κ3) is 2.99. The fourth-order valence-corrected chi connectivity index (χ4v) is 2.69. The number of likely N-dealkylation sites (tertiary alicyclic amines) is 1. The minimum atomic E-state index is 0.0627. The van der Waals surface area contributed by atoms with Crippen LogP contribution in [0.2, 0.25) is 0 Å². The van der Waals surface area contributed by atoms with Crippen molar-refractivity contribution >= 4 is 5.91 Å². The van der Waals surface area contributed by atoms with Crippen LogP contribution in [-0.2, 0) is 0 Å². The number of nitrogens with one attached hydrogen (secondary N) is 1.